The Bertz CT molecular complexity index is 539. The maximum absolute atomic E-state index is 12.2. The molecule has 1 amide bonds. The molecule has 1 heterocycles. The summed E-state index contributed by atoms with van der Waals surface area (Å²) in [5, 5.41) is 2.67. The summed E-state index contributed by atoms with van der Waals surface area (Å²) in [5.74, 6) is 1.18. The fourth-order valence-corrected chi connectivity index (χ4v) is 2.74. The van der Waals surface area contributed by atoms with Crippen molar-refractivity contribution in [2.75, 3.05) is 47.6 Å². The van der Waals surface area contributed by atoms with Crippen molar-refractivity contribution < 1.29 is 19.0 Å². The minimum absolute atomic E-state index is 0.153. The lowest BCUT2D eigenvalue weighted by molar-refractivity contribution is 0.0335. The van der Waals surface area contributed by atoms with Gasteiger partial charge in [-0.1, -0.05) is 0 Å². The van der Waals surface area contributed by atoms with E-state index in [9.17, 15) is 4.79 Å². The molecule has 0 saturated carbocycles. The second-order valence-electron chi connectivity index (χ2n) is 5.25. The van der Waals surface area contributed by atoms with Crippen LogP contribution in [0.1, 0.15) is 21.5 Å². The minimum atomic E-state index is -0.153. The van der Waals surface area contributed by atoms with Gasteiger partial charge in [0, 0.05) is 26.7 Å². The predicted octanol–water partition coefficient (Wildman–Crippen LogP) is 1.20. The molecule has 1 aromatic carbocycles. The van der Waals surface area contributed by atoms with Gasteiger partial charge in [-0.2, -0.15) is 0 Å². The SMILES string of the molecule is CNC(=O)c1c(C)cc(OC)c(CN2CCOCC2)c1OC. The van der Waals surface area contributed by atoms with E-state index in [-0.39, 0.29) is 5.91 Å². The maximum atomic E-state index is 12.2. The van der Waals surface area contributed by atoms with Crippen LogP contribution >= 0.6 is 0 Å². The maximum Gasteiger partial charge on any atom is 0.255 e. The van der Waals surface area contributed by atoms with Crippen LogP contribution in [0.15, 0.2) is 6.07 Å². The van der Waals surface area contributed by atoms with E-state index in [2.05, 4.69) is 10.2 Å². The average molecular weight is 308 g/mol. The molecule has 0 atom stereocenters. The molecule has 0 unspecified atom stereocenters. The predicted molar refractivity (Wildman–Crippen MR) is 83.8 cm³/mol. The number of ether oxygens (including phenoxy) is 3. The van der Waals surface area contributed by atoms with E-state index in [0.717, 1.165) is 43.2 Å². The van der Waals surface area contributed by atoms with Crippen LogP contribution in [0.3, 0.4) is 0 Å². The lowest BCUT2D eigenvalue weighted by atomic mass is 10.00. The third kappa shape index (κ3) is 3.34. The quantitative estimate of drug-likeness (QED) is 0.886. The van der Waals surface area contributed by atoms with Gasteiger partial charge < -0.3 is 19.5 Å². The van der Waals surface area contributed by atoms with Crippen LogP contribution in [0.5, 0.6) is 11.5 Å². The van der Waals surface area contributed by atoms with Gasteiger partial charge in [0.1, 0.15) is 11.5 Å². The molecular weight excluding hydrogens is 284 g/mol. The summed E-state index contributed by atoms with van der Waals surface area (Å²) < 4.78 is 16.5. The molecule has 1 saturated heterocycles. The minimum Gasteiger partial charge on any atom is -0.496 e. The van der Waals surface area contributed by atoms with Gasteiger partial charge in [0.2, 0.25) is 0 Å². The van der Waals surface area contributed by atoms with Crippen LogP contribution in [-0.2, 0) is 11.3 Å². The highest BCUT2D eigenvalue weighted by atomic mass is 16.5. The molecule has 1 aromatic rings. The van der Waals surface area contributed by atoms with Crippen LogP contribution < -0.4 is 14.8 Å². The molecule has 122 valence electrons. The van der Waals surface area contributed by atoms with Crippen LogP contribution in [0, 0.1) is 6.92 Å². The van der Waals surface area contributed by atoms with Gasteiger partial charge in [0.05, 0.1) is 38.6 Å². The highest BCUT2D eigenvalue weighted by Gasteiger charge is 2.24. The first-order chi connectivity index (χ1) is 10.6. The van der Waals surface area contributed by atoms with Gasteiger partial charge in [-0.3, -0.25) is 9.69 Å². The Hall–Kier alpha value is -1.79. The van der Waals surface area contributed by atoms with E-state index in [4.69, 9.17) is 14.2 Å². The topological polar surface area (TPSA) is 60.0 Å². The number of hydrogen-bond acceptors (Lipinski definition) is 5. The normalized spacial score (nSPS) is 15.5. The van der Waals surface area contributed by atoms with Gasteiger partial charge in [-0.15, -0.1) is 0 Å². The molecule has 0 spiro atoms. The third-order valence-electron chi connectivity index (χ3n) is 3.90. The standard InChI is InChI=1S/C16H24N2O4/c1-11-9-13(20-3)12(10-18-5-7-22-8-6-18)15(21-4)14(11)16(19)17-2/h9H,5-8,10H2,1-4H3,(H,17,19). The van der Waals surface area contributed by atoms with Crippen LogP contribution in [-0.4, -0.2) is 58.4 Å². The Balaban J connectivity index is 2.46. The third-order valence-corrected chi connectivity index (χ3v) is 3.90. The largest absolute Gasteiger partial charge is 0.496 e. The number of aryl methyl sites for hydroxylation is 1. The van der Waals surface area contributed by atoms with Crippen molar-refractivity contribution in [2.45, 2.75) is 13.5 Å². The molecule has 1 fully saturated rings. The molecule has 6 heteroatoms. The van der Waals surface area contributed by atoms with Crippen LogP contribution in [0.25, 0.3) is 0 Å². The fraction of sp³-hybridized carbons (Fsp3) is 0.562. The molecule has 6 nitrogen and oxygen atoms in total. The number of carbonyl (C=O) groups excluding carboxylic acids is 1. The summed E-state index contributed by atoms with van der Waals surface area (Å²) in [6.45, 7) is 5.71. The lowest BCUT2D eigenvalue weighted by Gasteiger charge is -2.28. The summed E-state index contributed by atoms with van der Waals surface area (Å²) >= 11 is 0. The summed E-state index contributed by atoms with van der Waals surface area (Å²) in [5.41, 5.74) is 2.30. The van der Waals surface area contributed by atoms with Crippen molar-refractivity contribution in [3.05, 3.63) is 22.8 Å². The zero-order valence-corrected chi connectivity index (χ0v) is 13.7. The number of nitrogens with one attached hydrogen (secondary N) is 1. The number of hydrogen-bond donors (Lipinski definition) is 1. The molecule has 1 N–H and O–H groups in total. The number of methoxy groups -OCH3 is 2. The van der Waals surface area contributed by atoms with Crippen LogP contribution in [0.2, 0.25) is 0 Å². The Labute approximate surface area is 131 Å². The Kier molecular flexibility index (Phi) is 5.63. The van der Waals surface area contributed by atoms with Crippen molar-refractivity contribution in [1.29, 1.82) is 0 Å². The molecule has 2 rings (SSSR count). The van der Waals surface area contributed by atoms with E-state index in [0.29, 0.717) is 17.9 Å². The van der Waals surface area contributed by atoms with E-state index < -0.39 is 0 Å². The number of rotatable bonds is 5. The van der Waals surface area contributed by atoms with Crippen molar-refractivity contribution in [1.82, 2.24) is 10.2 Å². The molecule has 1 aliphatic rings. The fourth-order valence-electron chi connectivity index (χ4n) is 2.74. The Morgan fingerprint density at radius 1 is 1.32 bits per heavy atom. The van der Waals surface area contributed by atoms with Gasteiger partial charge in [-0.25, -0.2) is 0 Å². The van der Waals surface area contributed by atoms with Crippen molar-refractivity contribution in [2.24, 2.45) is 0 Å². The van der Waals surface area contributed by atoms with Gasteiger partial charge in [-0.05, 0) is 18.6 Å². The number of nitrogens with zero attached hydrogens (tertiary/aromatic N) is 1. The lowest BCUT2D eigenvalue weighted by Crippen LogP contribution is -2.36. The highest BCUT2D eigenvalue weighted by Crippen LogP contribution is 2.36. The van der Waals surface area contributed by atoms with E-state index in [1.54, 1.807) is 21.3 Å². The average Bonchev–Trinajstić information content (AvgIpc) is 2.55. The van der Waals surface area contributed by atoms with Gasteiger partial charge in [0.15, 0.2) is 0 Å². The number of benzene rings is 1. The Morgan fingerprint density at radius 3 is 2.55 bits per heavy atom. The molecule has 0 aromatic heterocycles. The van der Waals surface area contributed by atoms with E-state index >= 15 is 0 Å². The van der Waals surface area contributed by atoms with Gasteiger partial charge in [0.25, 0.3) is 5.91 Å². The second kappa shape index (κ2) is 7.47. The first-order valence-electron chi connectivity index (χ1n) is 7.39. The van der Waals surface area contributed by atoms with Crippen molar-refractivity contribution >= 4 is 5.91 Å². The highest BCUT2D eigenvalue weighted by molar-refractivity contribution is 5.99. The summed E-state index contributed by atoms with van der Waals surface area (Å²) in [6, 6.07) is 1.89. The monoisotopic (exact) mass is 308 g/mol. The van der Waals surface area contributed by atoms with Crippen molar-refractivity contribution in [3.63, 3.8) is 0 Å². The summed E-state index contributed by atoms with van der Waals surface area (Å²) in [4.78, 5) is 14.5. The van der Waals surface area contributed by atoms with Crippen LogP contribution in [0.4, 0.5) is 0 Å². The molecule has 0 radical (unpaired) electrons. The smallest absolute Gasteiger partial charge is 0.255 e. The zero-order valence-electron chi connectivity index (χ0n) is 13.7. The molecule has 1 aliphatic heterocycles. The molecule has 0 aliphatic carbocycles. The number of amides is 1. The molecule has 0 bridgehead atoms. The van der Waals surface area contributed by atoms with Crippen molar-refractivity contribution in [3.8, 4) is 11.5 Å². The summed E-state index contributed by atoms with van der Waals surface area (Å²) in [6.07, 6.45) is 0. The zero-order chi connectivity index (χ0) is 16.1. The van der Waals surface area contributed by atoms with E-state index in [1.165, 1.54) is 0 Å². The Morgan fingerprint density at radius 2 is 2.00 bits per heavy atom. The first kappa shape index (κ1) is 16.6. The first-order valence-corrected chi connectivity index (χ1v) is 7.39. The molecule has 22 heavy (non-hydrogen) atoms. The summed E-state index contributed by atoms with van der Waals surface area (Å²) in [7, 11) is 4.84. The van der Waals surface area contributed by atoms with E-state index in [1.807, 2.05) is 13.0 Å². The van der Waals surface area contributed by atoms with Gasteiger partial charge >= 0.3 is 0 Å². The number of morpholine rings is 1. The number of carbonyl (C=O) groups is 1. The second-order valence-corrected chi connectivity index (χ2v) is 5.25. The molecular formula is C16H24N2O4.